The second-order valence-electron chi connectivity index (χ2n) is 5.92. The number of aryl methyl sites for hydroxylation is 1. The van der Waals surface area contributed by atoms with Gasteiger partial charge in [0.15, 0.2) is 5.58 Å². The van der Waals surface area contributed by atoms with Crippen molar-refractivity contribution in [2.45, 2.75) is 25.9 Å². The molecule has 0 aliphatic carbocycles. The van der Waals surface area contributed by atoms with Gasteiger partial charge in [0.1, 0.15) is 0 Å². The molecule has 1 aromatic heterocycles. The predicted molar refractivity (Wildman–Crippen MR) is 92.5 cm³/mol. The summed E-state index contributed by atoms with van der Waals surface area (Å²) >= 11 is 0. The minimum absolute atomic E-state index is 0.260. The van der Waals surface area contributed by atoms with Gasteiger partial charge < -0.3 is 9.32 Å². The number of hydrogen-bond acceptors (Lipinski definition) is 3. The van der Waals surface area contributed by atoms with Crippen LogP contribution < -0.4 is 5.76 Å². The SMILES string of the molecule is CN(CCCCn1c(=O)oc2ccccc21)Cc1ccccc1. The Bertz CT molecular complexity index is 805. The second kappa shape index (κ2) is 7.29. The summed E-state index contributed by atoms with van der Waals surface area (Å²) in [4.78, 5) is 14.2. The van der Waals surface area contributed by atoms with Crippen molar-refractivity contribution in [1.29, 1.82) is 0 Å². The number of hydrogen-bond donors (Lipinski definition) is 0. The number of benzene rings is 2. The van der Waals surface area contributed by atoms with Gasteiger partial charge in [0, 0.05) is 13.1 Å². The topological polar surface area (TPSA) is 38.4 Å². The van der Waals surface area contributed by atoms with E-state index in [2.05, 4.69) is 36.2 Å². The van der Waals surface area contributed by atoms with Crippen LogP contribution in [0.1, 0.15) is 18.4 Å². The predicted octanol–water partition coefficient (Wildman–Crippen LogP) is 3.51. The first-order valence-corrected chi connectivity index (χ1v) is 8.05. The molecule has 0 amide bonds. The maximum Gasteiger partial charge on any atom is 0.419 e. The molecule has 1 heterocycles. The Morgan fingerprint density at radius 2 is 1.74 bits per heavy atom. The van der Waals surface area contributed by atoms with Gasteiger partial charge in [-0.1, -0.05) is 42.5 Å². The molecule has 0 unspecified atom stereocenters. The molecule has 0 spiro atoms. The molecule has 0 N–H and O–H groups in total. The summed E-state index contributed by atoms with van der Waals surface area (Å²) < 4.78 is 6.98. The van der Waals surface area contributed by atoms with Gasteiger partial charge in [-0.3, -0.25) is 4.57 Å². The van der Waals surface area contributed by atoms with Crippen LogP contribution in [0, 0.1) is 0 Å². The molecular formula is C19H22N2O2. The van der Waals surface area contributed by atoms with Gasteiger partial charge in [-0.05, 0) is 44.1 Å². The Kier molecular flexibility index (Phi) is 4.93. The quantitative estimate of drug-likeness (QED) is 0.627. The molecule has 120 valence electrons. The fourth-order valence-corrected chi connectivity index (χ4v) is 2.85. The highest BCUT2D eigenvalue weighted by molar-refractivity contribution is 5.72. The molecule has 0 saturated carbocycles. The first-order chi connectivity index (χ1) is 11.2. The van der Waals surface area contributed by atoms with Crippen LogP contribution in [0.2, 0.25) is 0 Å². The summed E-state index contributed by atoms with van der Waals surface area (Å²) in [6.07, 6.45) is 2.01. The lowest BCUT2D eigenvalue weighted by molar-refractivity contribution is 0.314. The van der Waals surface area contributed by atoms with Crippen LogP contribution in [0.15, 0.2) is 63.8 Å². The van der Waals surface area contributed by atoms with Gasteiger partial charge in [0.05, 0.1) is 5.52 Å². The van der Waals surface area contributed by atoms with Crippen molar-refractivity contribution in [3.05, 3.63) is 70.7 Å². The third kappa shape index (κ3) is 3.90. The van der Waals surface area contributed by atoms with E-state index >= 15 is 0 Å². The van der Waals surface area contributed by atoms with Crippen molar-refractivity contribution in [3.8, 4) is 0 Å². The number of oxazole rings is 1. The summed E-state index contributed by atoms with van der Waals surface area (Å²) in [5, 5.41) is 0. The van der Waals surface area contributed by atoms with Crippen LogP contribution in [0.5, 0.6) is 0 Å². The van der Waals surface area contributed by atoms with Crippen molar-refractivity contribution in [2.75, 3.05) is 13.6 Å². The Hall–Kier alpha value is -2.33. The summed E-state index contributed by atoms with van der Waals surface area (Å²) in [5.41, 5.74) is 2.88. The Labute approximate surface area is 136 Å². The van der Waals surface area contributed by atoms with Crippen molar-refractivity contribution in [1.82, 2.24) is 9.47 Å². The lowest BCUT2D eigenvalue weighted by Crippen LogP contribution is -2.20. The molecule has 0 atom stereocenters. The van der Waals surface area contributed by atoms with Crippen LogP contribution in [0.3, 0.4) is 0 Å². The molecule has 4 heteroatoms. The minimum Gasteiger partial charge on any atom is -0.408 e. The fraction of sp³-hybridized carbons (Fsp3) is 0.316. The lowest BCUT2D eigenvalue weighted by atomic mass is 10.2. The molecule has 4 nitrogen and oxygen atoms in total. The van der Waals surface area contributed by atoms with E-state index in [-0.39, 0.29) is 5.76 Å². The van der Waals surface area contributed by atoms with Crippen LogP contribution >= 0.6 is 0 Å². The zero-order chi connectivity index (χ0) is 16.1. The van der Waals surface area contributed by atoms with Crippen LogP contribution in [-0.4, -0.2) is 23.1 Å². The molecule has 0 fully saturated rings. The molecule has 2 aromatic carbocycles. The van der Waals surface area contributed by atoms with Gasteiger partial charge in [-0.15, -0.1) is 0 Å². The normalized spacial score (nSPS) is 11.4. The highest BCUT2D eigenvalue weighted by atomic mass is 16.4. The first-order valence-electron chi connectivity index (χ1n) is 8.05. The van der Waals surface area contributed by atoms with E-state index in [0.717, 1.165) is 31.4 Å². The monoisotopic (exact) mass is 310 g/mol. The molecular weight excluding hydrogens is 288 g/mol. The zero-order valence-corrected chi connectivity index (χ0v) is 13.4. The second-order valence-corrected chi connectivity index (χ2v) is 5.92. The van der Waals surface area contributed by atoms with Crippen LogP contribution in [0.4, 0.5) is 0 Å². The Balaban J connectivity index is 1.49. The van der Waals surface area contributed by atoms with Crippen molar-refractivity contribution >= 4 is 11.1 Å². The van der Waals surface area contributed by atoms with Gasteiger partial charge in [-0.25, -0.2) is 4.79 Å². The number of rotatable bonds is 7. The molecule has 0 aliphatic heterocycles. The molecule has 0 aliphatic rings. The lowest BCUT2D eigenvalue weighted by Gasteiger charge is -2.16. The molecule has 3 rings (SSSR count). The van der Waals surface area contributed by atoms with Gasteiger partial charge in [-0.2, -0.15) is 0 Å². The number of aromatic nitrogens is 1. The Morgan fingerprint density at radius 1 is 1.00 bits per heavy atom. The number of fused-ring (bicyclic) bond motifs is 1. The third-order valence-corrected chi connectivity index (χ3v) is 4.04. The van der Waals surface area contributed by atoms with Crippen LogP contribution in [0.25, 0.3) is 11.1 Å². The van der Waals surface area contributed by atoms with Crippen LogP contribution in [-0.2, 0) is 13.1 Å². The standard InChI is InChI=1S/C19H22N2O2/c1-20(15-16-9-3-2-4-10-16)13-7-8-14-21-17-11-5-6-12-18(17)23-19(21)22/h2-6,9-12H,7-8,13-15H2,1H3. The largest absolute Gasteiger partial charge is 0.419 e. The van der Waals surface area contributed by atoms with E-state index in [0.29, 0.717) is 12.1 Å². The molecule has 0 saturated heterocycles. The first kappa shape index (κ1) is 15.6. The van der Waals surface area contributed by atoms with E-state index < -0.39 is 0 Å². The highest BCUT2D eigenvalue weighted by Gasteiger charge is 2.08. The van der Waals surface area contributed by atoms with Gasteiger partial charge in [0.25, 0.3) is 0 Å². The van der Waals surface area contributed by atoms with Crippen molar-refractivity contribution < 1.29 is 4.42 Å². The van der Waals surface area contributed by atoms with E-state index in [1.807, 2.05) is 30.3 Å². The average molecular weight is 310 g/mol. The smallest absolute Gasteiger partial charge is 0.408 e. The van der Waals surface area contributed by atoms with Gasteiger partial charge in [0.2, 0.25) is 0 Å². The molecule has 0 radical (unpaired) electrons. The van der Waals surface area contributed by atoms with E-state index in [1.54, 1.807) is 4.57 Å². The van der Waals surface area contributed by atoms with E-state index in [9.17, 15) is 4.79 Å². The zero-order valence-electron chi connectivity index (χ0n) is 13.4. The van der Waals surface area contributed by atoms with Crippen molar-refractivity contribution in [3.63, 3.8) is 0 Å². The minimum atomic E-state index is -0.260. The summed E-state index contributed by atoms with van der Waals surface area (Å²) in [6, 6.07) is 18.1. The fourth-order valence-electron chi connectivity index (χ4n) is 2.85. The third-order valence-electron chi connectivity index (χ3n) is 4.04. The van der Waals surface area contributed by atoms with Crippen molar-refractivity contribution in [2.24, 2.45) is 0 Å². The molecule has 3 aromatic rings. The number of nitrogens with zero attached hydrogens (tertiary/aromatic N) is 2. The summed E-state index contributed by atoms with van der Waals surface area (Å²) in [5.74, 6) is -0.260. The maximum absolute atomic E-state index is 11.9. The maximum atomic E-state index is 11.9. The molecule has 0 bridgehead atoms. The summed E-state index contributed by atoms with van der Waals surface area (Å²) in [7, 11) is 2.13. The average Bonchev–Trinajstić information content (AvgIpc) is 2.88. The van der Waals surface area contributed by atoms with E-state index in [4.69, 9.17) is 4.42 Å². The highest BCUT2D eigenvalue weighted by Crippen LogP contribution is 2.12. The van der Waals surface area contributed by atoms with E-state index in [1.165, 1.54) is 5.56 Å². The molecule has 23 heavy (non-hydrogen) atoms. The number of unbranched alkanes of at least 4 members (excludes halogenated alkanes) is 1. The Morgan fingerprint density at radius 3 is 2.57 bits per heavy atom. The summed E-state index contributed by atoms with van der Waals surface area (Å²) in [6.45, 7) is 2.67. The number of para-hydroxylation sites is 2. The van der Waals surface area contributed by atoms with Gasteiger partial charge >= 0.3 is 5.76 Å².